The zero-order valence-corrected chi connectivity index (χ0v) is 15.3. The van der Waals surface area contributed by atoms with Gasteiger partial charge in [0.15, 0.2) is 16.5 Å². The Bertz CT molecular complexity index is 992. The van der Waals surface area contributed by atoms with E-state index in [0.29, 0.717) is 12.5 Å². The van der Waals surface area contributed by atoms with Gasteiger partial charge in [-0.05, 0) is 32.3 Å². The normalized spacial score (nSPS) is 19.2. The molecule has 1 aliphatic carbocycles. The molecule has 1 fully saturated rings. The summed E-state index contributed by atoms with van der Waals surface area (Å²) in [7, 11) is 1.67. The van der Waals surface area contributed by atoms with E-state index in [0.717, 1.165) is 39.7 Å². The third kappa shape index (κ3) is 2.61. The number of methoxy groups -OCH3 is 1. The molecular weight excluding hydrogens is 336 g/mol. The highest BCUT2D eigenvalue weighted by Crippen LogP contribution is 2.57. The number of ether oxygens (including phenoxy) is 2. The van der Waals surface area contributed by atoms with E-state index in [-0.39, 0.29) is 11.5 Å². The van der Waals surface area contributed by atoms with Crippen molar-refractivity contribution in [1.29, 1.82) is 0 Å². The van der Waals surface area contributed by atoms with Crippen molar-refractivity contribution >= 4 is 16.3 Å². The average molecular weight is 356 g/mol. The van der Waals surface area contributed by atoms with E-state index < -0.39 is 0 Å². The summed E-state index contributed by atoms with van der Waals surface area (Å²) in [5, 5.41) is 1.89. The molecule has 6 heteroatoms. The number of hydrogen-bond donors (Lipinski definition) is 0. The van der Waals surface area contributed by atoms with Crippen molar-refractivity contribution in [2.75, 3.05) is 13.7 Å². The molecule has 0 saturated heterocycles. The molecule has 4 rings (SSSR count). The van der Waals surface area contributed by atoms with Crippen LogP contribution in [-0.4, -0.2) is 23.1 Å². The second-order valence-electron chi connectivity index (χ2n) is 6.24. The molecule has 2 unspecified atom stereocenters. The number of aromatic nitrogens is 2. The lowest BCUT2D eigenvalue weighted by Crippen LogP contribution is -2.18. The topological polar surface area (TPSA) is 52.8 Å². The molecule has 130 valence electrons. The fourth-order valence-corrected chi connectivity index (χ4v) is 4.21. The first-order valence-electron chi connectivity index (χ1n) is 8.41. The van der Waals surface area contributed by atoms with Crippen LogP contribution in [0.5, 0.6) is 11.5 Å². The monoisotopic (exact) mass is 356 g/mol. The molecule has 0 bridgehead atoms. The number of fused-ring (bicyclic) bond motifs is 1. The molecule has 0 spiro atoms. The summed E-state index contributed by atoms with van der Waals surface area (Å²) in [4.78, 5) is 18.0. The van der Waals surface area contributed by atoms with Gasteiger partial charge in [0.25, 0.3) is 5.56 Å². The summed E-state index contributed by atoms with van der Waals surface area (Å²) in [6, 6.07) is 6.00. The van der Waals surface area contributed by atoms with E-state index in [4.69, 9.17) is 14.5 Å². The fourth-order valence-electron chi connectivity index (χ4n) is 3.50. The van der Waals surface area contributed by atoms with Crippen molar-refractivity contribution in [2.24, 2.45) is 0 Å². The van der Waals surface area contributed by atoms with E-state index in [1.54, 1.807) is 17.7 Å². The number of benzene rings is 1. The second kappa shape index (κ2) is 6.19. The van der Waals surface area contributed by atoms with Crippen LogP contribution >= 0.6 is 11.3 Å². The lowest BCUT2D eigenvalue weighted by molar-refractivity contribution is 0.309. The zero-order valence-electron chi connectivity index (χ0n) is 14.5. The molecular formula is C19H20N2O3S. The molecule has 0 aliphatic heterocycles. The van der Waals surface area contributed by atoms with Crippen molar-refractivity contribution in [3.63, 3.8) is 0 Å². The van der Waals surface area contributed by atoms with E-state index in [1.807, 2.05) is 31.4 Å². The van der Waals surface area contributed by atoms with Gasteiger partial charge in [-0.25, -0.2) is 4.98 Å². The maximum Gasteiger partial charge on any atom is 0.261 e. The van der Waals surface area contributed by atoms with Crippen LogP contribution in [0.2, 0.25) is 0 Å². The zero-order chi connectivity index (χ0) is 17.6. The third-order valence-corrected chi connectivity index (χ3v) is 5.54. The molecule has 0 radical (unpaired) electrons. The first kappa shape index (κ1) is 16.1. The molecule has 25 heavy (non-hydrogen) atoms. The van der Waals surface area contributed by atoms with E-state index >= 15 is 0 Å². The van der Waals surface area contributed by atoms with Gasteiger partial charge in [0.1, 0.15) is 0 Å². The standard InChI is InChI=1S/C19H20N2O3S/c1-4-24-15-7-5-6-12(17(15)23-3)13-10-14(13)16-11(2)18(22)21-8-9-25-19(21)20-16/h5-9,13-14H,4,10H2,1-3H3. The fraction of sp³-hybridized carbons (Fsp3) is 0.368. The molecule has 2 aromatic heterocycles. The molecule has 1 aromatic carbocycles. The maximum atomic E-state index is 12.5. The largest absolute Gasteiger partial charge is 0.493 e. The van der Waals surface area contributed by atoms with Gasteiger partial charge in [-0.15, -0.1) is 11.3 Å². The number of rotatable bonds is 5. The van der Waals surface area contributed by atoms with Gasteiger partial charge in [-0.3, -0.25) is 9.20 Å². The highest BCUT2D eigenvalue weighted by atomic mass is 32.1. The summed E-state index contributed by atoms with van der Waals surface area (Å²) < 4.78 is 12.9. The Morgan fingerprint density at radius 3 is 2.96 bits per heavy atom. The number of hydrogen-bond acceptors (Lipinski definition) is 5. The Balaban J connectivity index is 1.73. The quantitative estimate of drug-likeness (QED) is 0.699. The van der Waals surface area contributed by atoms with E-state index in [9.17, 15) is 4.79 Å². The third-order valence-electron chi connectivity index (χ3n) is 4.78. The molecule has 2 heterocycles. The minimum Gasteiger partial charge on any atom is -0.493 e. The van der Waals surface area contributed by atoms with E-state index in [1.165, 1.54) is 11.3 Å². The number of thiazole rings is 1. The minimum atomic E-state index is 0.0296. The summed E-state index contributed by atoms with van der Waals surface area (Å²) in [5.41, 5.74) is 2.82. The van der Waals surface area contributed by atoms with Crippen LogP contribution in [-0.2, 0) is 0 Å². The maximum absolute atomic E-state index is 12.5. The Morgan fingerprint density at radius 1 is 1.36 bits per heavy atom. The van der Waals surface area contributed by atoms with Crippen molar-refractivity contribution in [2.45, 2.75) is 32.1 Å². The predicted octanol–water partition coefficient (Wildman–Crippen LogP) is 3.74. The predicted molar refractivity (Wildman–Crippen MR) is 98.3 cm³/mol. The Morgan fingerprint density at radius 2 is 2.20 bits per heavy atom. The Hall–Kier alpha value is -2.34. The molecule has 1 saturated carbocycles. The van der Waals surface area contributed by atoms with Gasteiger partial charge >= 0.3 is 0 Å². The van der Waals surface area contributed by atoms with Gasteiger partial charge in [-0.1, -0.05) is 12.1 Å². The van der Waals surface area contributed by atoms with Gasteiger partial charge in [0.2, 0.25) is 0 Å². The molecule has 1 aliphatic rings. The Kier molecular flexibility index (Phi) is 4.00. The highest BCUT2D eigenvalue weighted by molar-refractivity contribution is 7.15. The number of para-hydroxylation sites is 1. The van der Waals surface area contributed by atoms with Crippen LogP contribution in [0.4, 0.5) is 0 Å². The molecule has 3 aromatic rings. The van der Waals surface area contributed by atoms with Crippen molar-refractivity contribution < 1.29 is 9.47 Å². The molecule has 2 atom stereocenters. The van der Waals surface area contributed by atoms with Gasteiger partial charge < -0.3 is 9.47 Å². The first-order chi connectivity index (χ1) is 12.2. The second-order valence-corrected chi connectivity index (χ2v) is 7.12. The summed E-state index contributed by atoms with van der Waals surface area (Å²) in [6.45, 7) is 4.43. The number of nitrogens with zero attached hydrogens (tertiary/aromatic N) is 2. The van der Waals surface area contributed by atoms with Crippen molar-refractivity contribution in [3.05, 3.63) is 57.0 Å². The van der Waals surface area contributed by atoms with Gasteiger partial charge in [-0.2, -0.15) is 0 Å². The average Bonchev–Trinajstić information content (AvgIpc) is 3.26. The van der Waals surface area contributed by atoms with Crippen LogP contribution < -0.4 is 15.0 Å². The lowest BCUT2D eigenvalue weighted by atomic mass is 10.0. The van der Waals surface area contributed by atoms with Crippen molar-refractivity contribution in [1.82, 2.24) is 9.38 Å². The summed E-state index contributed by atoms with van der Waals surface area (Å²) in [6.07, 6.45) is 2.76. The van der Waals surface area contributed by atoms with Crippen LogP contribution in [0.1, 0.15) is 42.0 Å². The lowest BCUT2D eigenvalue weighted by Gasteiger charge is -2.14. The summed E-state index contributed by atoms with van der Waals surface area (Å²) >= 11 is 1.49. The SMILES string of the molecule is CCOc1cccc(C2CC2c2nc3sccn3c(=O)c2C)c1OC. The van der Waals surface area contributed by atoms with Crippen molar-refractivity contribution in [3.8, 4) is 11.5 Å². The first-order valence-corrected chi connectivity index (χ1v) is 9.29. The van der Waals surface area contributed by atoms with Gasteiger partial charge in [0, 0.05) is 28.6 Å². The van der Waals surface area contributed by atoms with Crippen LogP contribution in [0, 0.1) is 6.92 Å². The van der Waals surface area contributed by atoms with E-state index in [2.05, 4.69) is 6.07 Å². The minimum absolute atomic E-state index is 0.0296. The van der Waals surface area contributed by atoms with Crippen LogP contribution in [0.3, 0.4) is 0 Å². The highest BCUT2D eigenvalue weighted by Gasteiger charge is 2.44. The van der Waals surface area contributed by atoms with Crippen LogP contribution in [0.25, 0.3) is 4.96 Å². The molecule has 0 amide bonds. The van der Waals surface area contributed by atoms with Crippen LogP contribution in [0.15, 0.2) is 34.6 Å². The molecule has 5 nitrogen and oxygen atoms in total. The Labute approximate surface area is 149 Å². The summed E-state index contributed by atoms with van der Waals surface area (Å²) in [5.74, 6) is 2.13. The molecule has 0 N–H and O–H groups in total. The van der Waals surface area contributed by atoms with Gasteiger partial charge in [0.05, 0.1) is 19.4 Å². The smallest absolute Gasteiger partial charge is 0.261 e.